The fourth-order valence-corrected chi connectivity index (χ4v) is 9.86. The number of halogens is 6. The highest BCUT2D eigenvalue weighted by Gasteiger charge is 2.44. The van der Waals surface area contributed by atoms with Crippen molar-refractivity contribution in [2.75, 3.05) is 20.2 Å². The Bertz CT molecular complexity index is 2390. The van der Waals surface area contributed by atoms with Crippen molar-refractivity contribution in [2.45, 2.75) is 54.3 Å². The molecule has 310 valence electrons. The number of nitrogens with zero attached hydrogens (tertiary/aromatic N) is 2. The molecule has 1 unspecified atom stereocenters. The number of rotatable bonds is 12. The summed E-state index contributed by atoms with van der Waals surface area (Å²) in [5.41, 5.74) is -1.00. The second-order valence-electron chi connectivity index (χ2n) is 14.8. The number of sulfonamides is 1. The number of methoxy groups -OCH3 is 1. The topological polar surface area (TPSA) is 95.6 Å². The maximum Gasteiger partial charge on any atom is 0.416 e. The van der Waals surface area contributed by atoms with Gasteiger partial charge < -0.3 is 15.4 Å². The Morgan fingerprint density at radius 2 is 1.51 bits per heavy atom. The quantitative estimate of drug-likeness (QED) is 0.0651. The van der Waals surface area contributed by atoms with Gasteiger partial charge in [0.15, 0.2) is 5.11 Å². The van der Waals surface area contributed by atoms with Crippen molar-refractivity contribution in [3.63, 3.8) is 0 Å². The average molecular weight is 854 g/mol. The number of hydrogen-bond donors (Lipinski definition) is 3. The molecule has 4 heterocycles. The lowest BCUT2D eigenvalue weighted by molar-refractivity contribution is -0.143. The molecule has 0 saturated carbocycles. The van der Waals surface area contributed by atoms with Crippen LogP contribution in [0.4, 0.5) is 26.3 Å². The monoisotopic (exact) mass is 853 g/mol. The van der Waals surface area contributed by atoms with Gasteiger partial charge in [-0.1, -0.05) is 66.7 Å². The Hall–Kier alpha value is -5.03. The molecule has 5 aromatic rings. The van der Waals surface area contributed by atoms with Crippen LogP contribution in [0.5, 0.6) is 5.75 Å². The van der Waals surface area contributed by atoms with Gasteiger partial charge in [-0.25, -0.2) is 13.1 Å². The Balaban J connectivity index is 1.29. The molecule has 0 spiro atoms. The van der Waals surface area contributed by atoms with E-state index < -0.39 is 56.5 Å². The molecule has 3 aliphatic rings. The van der Waals surface area contributed by atoms with Gasteiger partial charge in [0.05, 0.1) is 46.8 Å². The Kier molecular flexibility index (Phi) is 12.1. The second kappa shape index (κ2) is 16.9. The van der Waals surface area contributed by atoms with Crippen molar-refractivity contribution in [1.82, 2.24) is 25.2 Å². The summed E-state index contributed by atoms with van der Waals surface area (Å²) in [6.07, 6.45) is -4.95. The highest BCUT2D eigenvalue weighted by atomic mass is 32.2. The Morgan fingerprint density at radius 1 is 0.881 bits per heavy atom. The van der Waals surface area contributed by atoms with Crippen molar-refractivity contribution in [2.24, 2.45) is 11.8 Å². The minimum absolute atomic E-state index is 0.0381. The molecule has 0 amide bonds. The third-order valence-corrected chi connectivity index (χ3v) is 12.9. The van der Waals surface area contributed by atoms with Crippen LogP contribution in [0.25, 0.3) is 10.9 Å². The zero-order valence-corrected chi connectivity index (χ0v) is 33.3. The normalized spacial score (nSPS) is 21.0. The lowest BCUT2D eigenvalue weighted by Crippen LogP contribution is -2.58. The van der Waals surface area contributed by atoms with Gasteiger partial charge in [-0.15, -0.1) is 6.58 Å². The van der Waals surface area contributed by atoms with Crippen molar-refractivity contribution in [3.8, 4) is 5.75 Å². The van der Waals surface area contributed by atoms with Crippen LogP contribution >= 0.6 is 12.2 Å². The third-order valence-electron chi connectivity index (χ3n) is 11.2. The van der Waals surface area contributed by atoms with E-state index in [1.807, 2.05) is 30.3 Å². The number of pyridine rings is 1. The molecule has 8 nitrogen and oxygen atoms in total. The molecule has 3 aliphatic heterocycles. The summed E-state index contributed by atoms with van der Waals surface area (Å²) in [6.45, 7) is 5.74. The predicted molar refractivity (Wildman–Crippen MR) is 217 cm³/mol. The molecule has 16 heteroatoms. The lowest BCUT2D eigenvalue weighted by atomic mass is 9.73. The van der Waals surface area contributed by atoms with Crippen LogP contribution in [-0.2, 0) is 22.4 Å². The summed E-state index contributed by atoms with van der Waals surface area (Å²) in [6, 6.07) is 21.8. The van der Waals surface area contributed by atoms with Crippen molar-refractivity contribution < 1.29 is 39.5 Å². The van der Waals surface area contributed by atoms with E-state index in [0.717, 1.165) is 42.4 Å². The fraction of sp³-hybridized carbons (Fsp3) is 0.302. The first-order valence-corrected chi connectivity index (χ1v) is 20.7. The molecular weight excluding hydrogens is 813 g/mol. The summed E-state index contributed by atoms with van der Waals surface area (Å²) in [5.74, 6) is 1.35. The van der Waals surface area contributed by atoms with Crippen LogP contribution < -0.4 is 20.1 Å². The molecule has 0 radical (unpaired) electrons. The summed E-state index contributed by atoms with van der Waals surface area (Å²) >= 11 is 6.07. The van der Waals surface area contributed by atoms with E-state index in [-0.39, 0.29) is 29.4 Å². The van der Waals surface area contributed by atoms with Gasteiger partial charge in [-0.3, -0.25) is 9.88 Å². The largest absolute Gasteiger partial charge is 0.497 e. The van der Waals surface area contributed by atoms with E-state index in [9.17, 15) is 34.8 Å². The lowest BCUT2D eigenvalue weighted by Gasteiger charge is -2.52. The Labute approximate surface area is 343 Å². The molecule has 59 heavy (non-hydrogen) atoms. The second-order valence-corrected chi connectivity index (χ2v) is 16.9. The first-order valence-electron chi connectivity index (χ1n) is 18.8. The van der Waals surface area contributed by atoms with Crippen LogP contribution in [0.15, 0.2) is 127 Å². The van der Waals surface area contributed by atoms with Crippen LogP contribution in [0.2, 0.25) is 0 Å². The average Bonchev–Trinajstić information content (AvgIpc) is 3.23. The minimum atomic E-state index is -5.26. The van der Waals surface area contributed by atoms with Crippen LogP contribution in [0, 0.1) is 11.8 Å². The van der Waals surface area contributed by atoms with Crippen LogP contribution in [-0.4, -0.2) is 49.7 Å². The predicted octanol–water partition coefficient (Wildman–Crippen LogP) is 9.14. The summed E-state index contributed by atoms with van der Waals surface area (Å²) < 4.78 is 120. The van der Waals surface area contributed by atoms with E-state index in [1.165, 1.54) is 0 Å². The van der Waals surface area contributed by atoms with Gasteiger partial charge in [0.2, 0.25) is 10.0 Å². The summed E-state index contributed by atoms with van der Waals surface area (Å²) in [4.78, 5) is 5.80. The van der Waals surface area contributed by atoms with Crippen molar-refractivity contribution in [3.05, 3.63) is 150 Å². The Morgan fingerprint density at radius 3 is 2.07 bits per heavy atom. The maximum absolute atomic E-state index is 14.1. The molecule has 8 rings (SSSR count). The summed E-state index contributed by atoms with van der Waals surface area (Å²) in [7, 11) is -3.50. The molecular formula is C43H41F6N5O3S2. The van der Waals surface area contributed by atoms with Crippen LogP contribution in [0.1, 0.15) is 58.8 Å². The molecule has 3 N–H and O–H groups in total. The van der Waals surface area contributed by atoms with Crippen LogP contribution in [0.3, 0.4) is 0 Å². The minimum Gasteiger partial charge on any atom is -0.497 e. The van der Waals surface area contributed by atoms with Gasteiger partial charge >= 0.3 is 12.4 Å². The molecule has 4 aromatic carbocycles. The molecule has 1 aromatic heterocycles. The van der Waals surface area contributed by atoms with Gasteiger partial charge in [-0.2, -0.15) is 26.3 Å². The molecule has 3 fully saturated rings. The van der Waals surface area contributed by atoms with Gasteiger partial charge in [0.25, 0.3) is 0 Å². The van der Waals surface area contributed by atoms with E-state index in [2.05, 4.69) is 31.8 Å². The number of alkyl halides is 6. The highest BCUT2D eigenvalue weighted by molar-refractivity contribution is 7.89. The van der Waals surface area contributed by atoms with E-state index >= 15 is 0 Å². The summed E-state index contributed by atoms with van der Waals surface area (Å²) in [5, 5.41) is 7.83. The number of benzene rings is 4. The SMILES string of the molecule is C=C[C@H]1CN2CC[C@H]1C[C@H]2[C@@H](NC(=S)N[C@@H](c1ccccc1)[C@@H](NS(=O)(=O)c1cc(C(F)(F)F)cc(C(F)(F)F)c1)c1ccccc1)c1ccnc2ccc(OC)cc12. The number of piperidine rings is 3. The van der Waals surface area contributed by atoms with Gasteiger partial charge in [-0.05, 0) is 103 Å². The standard InChI is InChI=1S/C43H41F6N5O3S2/c1-3-26-25-54-19-17-29(26)20-37(54)40(34-16-18-50-36-15-14-32(57-2)24-35(34)36)52-41(58)51-38(27-10-6-4-7-11-27)39(28-12-8-5-9-13-28)53-59(55,56)33-22-30(42(44,45)46)21-31(23-33)43(47,48)49/h3-16,18,21-24,26,29,37-40,53H,1,17,19-20,25H2,2H3,(H2,51,52,58)/t26-,29-,37-,38-,39-,40-/m0/s1. The van der Waals surface area contributed by atoms with Gasteiger partial charge in [0.1, 0.15) is 5.75 Å². The third kappa shape index (κ3) is 9.25. The van der Waals surface area contributed by atoms with Crippen molar-refractivity contribution in [1.29, 1.82) is 0 Å². The molecule has 7 atom stereocenters. The van der Waals surface area contributed by atoms with Crippen molar-refractivity contribution >= 4 is 38.3 Å². The molecule has 3 saturated heterocycles. The smallest absolute Gasteiger partial charge is 0.416 e. The molecule has 2 bridgehead atoms. The van der Waals surface area contributed by atoms with E-state index in [0.29, 0.717) is 28.7 Å². The number of aromatic nitrogens is 1. The first-order chi connectivity index (χ1) is 28.1. The first kappa shape index (κ1) is 42.1. The number of nitrogens with one attached hydrogen (secondary N) is 3. The maximum atomic E-state index is 14.1. The van der Waals surface area contributed by atoms with E-state index in [4.69, 9.17) is 17.0 Å². The number of thiocarbonyl (C=S) groups is 1. The fourth-order valence-electron chi connectivity index (χ4n) is 8.30. The number of ether oxygens (including phenoxy) is 1. The number of hydrogen-bond acceptors (Lipinski definition) is 6. The molecule has 0 aliphatic carbocycles. The van der Waals surface area contributed by atoms with E-state index in [1.54, 1.807) is 74.0 Å². The highest BCUT2D eigenvalue weighted by Crippen LogP contribution is 2.43. The zero-order chi connectivity index (χ0) is 42.1. The number of fused-ring (bicyclic) bond motifs is 4. The zero-order valence-electron chi connectivity index (χ0n) is 31.7. The van der Waals surface area contributed by atoms with Gasteiger partial charge in [0, 0.05) is 24.2 Å².